The van der Waals surface area contributed by atoms with E-state index in [0.29, 0.717) is 13.2 Å². The predicted octanol–water partition coefficient (Wildman–Crippen LogP) is 5.07. The molecule has 0 unspecified atom stereocenters. The zero-order valence-electron chi connectivity index (χ0n) is 18.2. The minimum Gasteiger partial charge on any atom is -0.383 e. The van der Waals surface area contributed by atoms with Gasteiger partial charge in [-0.3, -0.25) is 4.98 Å². The summed E-state index contributed by atoms with van der Waals surface area (Å²) in [5, 5.41) is 4.95. The predicted molar refractivity (Wildman–Crippen MR) is 129 cm³/mol. The topological polar surface area (TPSA) is 42.3 Å². The fourth-order valence-corrected chi connectivity index (χ4v) is 4.95. The van der Waals surface area contributed by atoms with Gasteiger partial charge in [0.15, 0.2) is 5.11 Å². The third kappa shape index (κ3) is 4.07. The molecule has 0 spiro atoms. The maximum atomic E-state index is 6.34. The molecule has 0 saturated carbocycles. The summed E-state index contributed by atoms with van der Waals surface area (Å²) in [5.41, 5.74) is 6.79. The fraction of sp³-hybridized carbons (Fsp3) is 0.333. The van der Waals surface area contributed by atoms with Crippen LogP contribution in [0.15, 0.2) is 48.7 Å². The Labute approximate surface area is 194 Å². The molecule has 1 fully saturated rings. The van der Waals surface area contributed by atoms with Crippen LogP contribution in [0.5, 0.6) is 0 Å². The largest absolute Gasteiger partial charge is 0.383 e. The van der Waals surface area contributed by atoms with Gasteiger partial charge < -0.3 is 19.5 Å². The molecule has 3 heterocycles. The van der Waals surface area contributed by atoms with Gasteiger partial charge in [0.25, 0.3) is 0 Å². The third-order valence-corrected chi connectivity index (χ3v) is 6.52. The molecule has 1 saturated heterocycles. The van der Waals surface area contributed by atoms with Crippen LogP contribution in [-0.4, -0.2) is 39.8 Å². The summed E-state index contributed by atoms with van der Waals surface area (Å²) in [6.45, 7) is 7.70. The molecule has 0 radical (unpaired) electrons. The minimum absolute atomic E-state index is 0.0111. The van der Waals surface area contributed by atoms with Crippen LogP contribution in [0.3, 0.4) is 0 Å². The second-order valence-electron chi connectivity index (χ2n) is 7.91. The Morgan fingerprint density at radius 3 is 2.68 bits per heavy atom. The lowest BCUT2D eigenvalue weighted by atomic mass is 9.97. The number of hydrogen-bond acceptors (Lipinski definition) is 3. The Morgan fingerprint density at radius 1 is 1.16 bits per heavy atom. The fourth-order valence-electron chi connectivity index (χ4n) is 4.46. The number of benzene rings is 1. The molecule has 5 nitrogen and oxygen atoms in total. The van der Waals surface area contributed by atoms with Gasteiger partial charge in [0.1, 0.15) is 0 Å². The second kappa shape index (κ2) is 8.99. The third-order valence-electron chi connectivity index (χ3n) is 5.94. The van der Waals surface area contributed by atoms with E-state index >= 15 is 0 Å². The van der Waals surface area contributed by atoms with Crippen LogP contribution in [0.2, 0.25) is 5.02 Å². The zero-order chi connectivity index (χ0) is 22.1. The molecule has 2 atom stereocenters. The van der Waals surface area contributed by atoms with Crippen molar-refractivity contribution in [1.29, 1.82) is 0 Å². The number of pyridine rings is 1. The SMILES string of the molecule is COCCN1C(=S)N[C@H](c2ccccn2)[C@H]1c1cc(C)n(-c2cc(Cl)ccc2C)c1C. The highest BCUT2D eigenvalue weighted by molar-refractivity contribution is 7.80. The smallest absolute Gasteiger partial charge is 0.170 e. The number of rotatable bonds is 6. The first-order valence-corrected chi connectivity index (χ1v) is 11.1. The molecule has 2 aromatic heterocycles. The highest BCUT2D eigenvalue weighted by Gasteiger charge is 2.41. The first-order chi connectivity index (χ1) is 14.9. The standard InChI is InChI=1S/C24H27ClN4OS/c1-15-8-9-18(25)14-21(15)29-16(2)13-19(17(29)3)23-22(20-7-5-6-10-26-20)27-24(31)28(23)11-12-30-4/h5-10,13-14,22-23H,11-12H2,1-4H3,(H,27,31)/t22-,23-/m1/s1. The Morgan fingerprint density at radius 2 is 1.97 bits per heavy atom. The van der Waals surface area contributed by atoms with Crippen molar-refractivity contribution in [2.75, 3.05) is 20.3 Å². The monoisotopic (exact) mass is 454 g/mol. The van der Waals surface area contributed by atoms with Crippen LogP contribution < -0.4 is 5.32 Å². The van der Waals surface area contributed by atoms with E-state index in [9.17, 15) is 0 Å². The van der Waals surface area contributed by atoms with Crippen molar-refractivity contribution in [3.05, 3.63) is 81.9 Å². The van der Waals surface area contributed by atoms with Crippen LogP contribution in [0.25, 0.3) is 5.69 Å². The van der Waals surface area contributed by atoms with Gasteiger partial charge in [0.2, 0.25) is 0 Å². The number of hydrogen-bond donors (Lipinski definition) is 1. The molecule has 0 amide bonds. The van der Waals surface area contributed by atoms with Gasteiger partial charge in [-0.15, -0.1) is 0 Å². The summed E-state index contributed by atoms with van der Waals surface area (Å²) in [5.74, 6) is 0. The van der Waals surface area contributed by atoms with Gasteiger partial charge >= 0.3 is 0 Å². The lowest BCUT2D eigenvalue weighted by Gasteiger charge is -2.28. The number of ether oxygens (including phenoxy) is 1. The summed E-state index contributed by atoms with van der Waals surface area (Å²) in [6.07, 6.45) is 1.83. The van der Waals surface area contributed by atoms with E-state index in [0.717, 1.165) is 27.2 Å². The highest BCUT2D eigenvalue weighted by Crippen LogP contribution is 2.41. The van der Waals surface area contributed by atoms with Gasteiger partial charge in [-0.1, -0.05) is 23.7 Å². The quantitative estimate of drug-likeness (QED) is 0.526. The van der Waals surface area contributed by atoms with E-state index in [1.807, 2.05) is 36.5 Å². The molecule has 1 N–H and O–H groups in total. The molecule has 3 aromatic rings. The van der Waals surface area contributed by atoms with E-state index in [1.54, 1.807) is 7.11 Å². The van der Waals surface area contributed by atoms with Gasteiger partial charge in [-0.2, -0.15) is 0 Å². The number of nitrogens with one attached hydrogen (secondary N) is 1. The molecule has 4 rings (SSSR count). The van der Waals surface area contributed by atoms with Crippen molar-refractivity contribution < 1.29 is 4.74 Å². The summed E-state index contributed by atoms with van der Waals surface area (Å²) < 4.78 is 7.65. The van der Waals surface area contributed by atoms with Crippen LogP contribution in [0.1, 0.15) is 40.3 Å². The van der Waals surface area contributed by atoms with E-state index in [-0.39, 0.29) is 12.1 Å². The van der Waals surface area contributed by atoms with Crippen LogP contribution in [0.4, 0.5) is 0 Å². The van der Waals surface area contributed by atoms with Crippen LogP contribution >= 0.6 is 23.8 Å². The molecule has 7 heteroatoms. The Hall–Kier alpha value is -2.41. The number of aryl methyl sites for hydroxylation is 2. The molecular weight excluding hydrogens is 428 g/mol. The molecule has 1 aliphatic heterocycles. The highest BCUT2D eigenvalue weighted by atomic mass is 35.5. The molecule has 162 valence electrons. The molecule has 0 bridgehead atoms. The van der Waals surface area contributed by atoms with Gasteiger partial charge in [0.05, 0.1) is 24.4 Å². The van der Waals surface area contributed by atoms with Crippen LogP contribution in [0, 0.1) is 20.8 Å². The van der Waals surface area contributed by atoms with Crippen molar-refractivity contribution in [2.45, 2.75) is 32.9 Å². The molecule has 0 aliphatic carbocycles. The van der Waals surface area contributed by atoms with Gasteiger partial charge in [0, 0.05) is 41.9 Å². The molecule has 1 aliphatic rings. The van der Waals surface area contributed by atoms with E-state index in [4.69, 9.17) is 28.6 Å². The van der Waals surface area contributed by atoms with Gasteiger partial charge in [-0.25, -0.2) is 0 Å². The van der Waals surface area contributed by atoms with E-state index in [1.165, 1.54) is 16.8 Å². The van der Waals surface area contributed by atoms with Crippen molar-refractivity contribution in [2.24, 2.45) is 0 Å². The van der Waals surface area contributed by atoms with Crippen LogP contribution in [-0.2, 0) is 4.74 Å². The number of methoxy groups -OCH3 is 1. The lowest BCUT2D eigenvalue weighted by Crippen LogP contribution is -2.32. The Balaban J connectivity index is 1.84. The summed E-state index contributed by atoms with van der Waals surface area (Å²) in [4.78, 5) is 6.84. The van der Waals surface area contributed by atoms with Crippen molar-refractivity contribution >= 4 is 28.9 Å². The Kier molecular flexibility index (Phi) is 6.32. The normalized spacial score (nSPS) is 18.5. The van der Waals surface area contributed by atoms with E-state index in [2.05, 4.69) is 52.7 Å². The van der Waals surface area contributed by atoms with Crippen molar-refractivity contribution in [3.8, 4) is 5.69 Å². The summed E-state index contributed by atoms with van der Waals surface area (Å²) >= 11 is 12.1. The first-order valence-electron chi connectivity index (χ1n) is 10.3. The number of thiocarbonyl (C=S) groups is 1. The zero-order valence-corrected chi connectivity index (χ0v) is 19.8. The lowest BCUT2D eigenvalue weighted by molar-refractivity contribution is 0.164. The summed E-state index contributed by atoms with van der Waals surface area (Å²) in [7, 11) is 1.71. The average molecular weight is 455 g/mol. The van der Waals surface area contributed by atoms with E-state index < -0.39 is 0 Å². The second-order valence-corrected chi connectivity index (χ2v) is 8.73. The maximum absolute atomic E-state index is 6.34. The van der Waals surface area contributed by atoms with Gasteiger partial charge in [-0.05, 0) is 74.4 Å². The molecule has 31 heavy (non-hydrogen) atoms. The van der Waals surface area contributed by atoms with Crippen molar-refractivity contribution in [1.82, 2.24) is 19.8 Å². The van der Waals surface area contributed by atoms with Crippen molar-refractivity contribution in [3.63, 3.8) is 0 Å². The maximum Gasteiger partial charge on any atom is 0.170 e. The number of nitrogens with zero attached hydrogens (tertiary/aromatic N) is 3. The minimum atomic E-state index is -0.0417. The number of aromatic nitrogens is 2. The molecule has 1 aromatic carbocycles. The average Bonchev–Trinajstić information content (AvgIpc) is 3.24. The Bertz CT molecular complexity index is 1100. The first kappa shape index (κ1) is 21.8. The summed E-state index contributed by atoms with van der Waals surface area (Å²) in [6, 6.07) is 14.2. The molecular formula is C24H27ClN4OS. The number of halogens is 1.